The standard InChI is InChI=1S/C31H38ClN3O5S/c1-6-23(4)33-31(37)24(5)34(20-25-9-8-10-26(32)19-25)30(36)21-35(27-13-15-28(16-14-27)40-7-2)41(38,39)29-17-11-22(3)12-18-29/h8-19,23-24H,6-7,20-21H2,1-5H3,(H,33,37)/t23-,24+/m0/s1. The Labute approximate surface area is 248 Å². The first-order valence-electron chi connectivity index (χ1n) is 13.6. The zero-order valence-corrected chi connectivity index (χ0v) is 25.7. The van der Waals surface area contributed by atoms with Crippen LogP contribution in [0.1, 0.15) is 45.2 Å². The number of carbonyl (C=O) groups is 2. The lowest BCUT2D eigenvalue weighted by molar-refractivity contribution is -0.139. The van der Waals surface area contributed by atoms with E-state index < -0.39 is 28.5 Å². The molecule has 10 heteroatoms. The number of rotatable bonds is 13. The number of sulfonamides is 1. The van der Waals surface area contributed by atoms with Gasteiger partial charge in [0.05, 0.1) is 17.2 Å². The number of carbonyl (C=O) groups excluding carboxylic acids is 2. The van der Waals surface area contributed by atoms with E-state index in [2.05, 4.69) is 5.32 Å². The van der Waals surface area contributed by atoms with E-state index in [9.17, 15) is 18.0 Å². The van der Waals surface area contributed by atoms with Crippen LogP contribution in [-0.4, -0.2) is 50.4 Å². The van der Waals surface area contributed by atoms with Crippen LogP contribution in [0.5, 0.6) is 5.75 Å². The molecule has 0 spiro atoms. The maximum atomic E-state index is 14.0. The molecule has 0 saturated heterocycles. The molecular formula is C31H38ClN3O5S. The molecule has 8 nitrogen and oxygen atoms in total. The Hall–Kier alpha value is -3.56. The van der Waals surface area contributed by atoms with Crippen LogP contribution in [0.3, 0.4) is 0 Å². The van der Waals surface area contributed by atoms with Crippen molar-refractivity contribution in [3.63, 3.8) is 0 Å². The summed E-state index contributed by atoms with van der Waals surface area (Å²) in [5, 5.41) is 3.41. The van der Waals surface area contributed by atoms with Crippen LogP contribution in [-0.2, 0) is 26.2 Å². The molecule has 0 radical (unpaired) electrons. The molecule has 0 fully saturated rings. The molecule has 41 heavy (non-hydrogen) atoms. The van der Waals surface area contributed by atoms with E-state index >= 15 is 0 Å². The Kier molecular flexibility index (Phi) is 11.2. The summed E-state index contributed by atoms with van der Waals surface area (Å²) in [5.41, 5.74) is 1.91. The normalized spacial score (nSPS) is 12.7. The van der Waals surface area contributed by atoms with Crippen LogP contribution in [0, 0.1) is 6.92 Å². The quantitative estimate of drug-likeness (QED) is 0.277. The first-order chi connectivity index (χ1) is 19.5. The Morgan fingerprint density at radius 3 is 2.22 bits per heavy atom. The zero-order chi connectivity index (χ0) is 30.2. The Balaban J connectivity index is 2.03. The average Bonchev–Trinajstić information content (AvgIpc) is 2.95. The van der Waals surface area contributed by atoms with Crippen molar-refractivity contribution in [3.05, 3.63) is 88.9 Å². The van der Waals surface area contributed by atoms with Gasteiger partial charge in [0.1, 0.15) is 18.3 Å². The van der Waals surface area contributed by atoms with Gasteiger partial charge in [0, 0.05) is 17.6 Å². The van der Waals surface area contributed by atoms with Gasteiger partial charge in [-0.25, -0.2) is 8.42 Å². The van der Waals surface area contributed by atoms with Gasteiger partial charge in [-0.15, -0.1) is 0 Å². The summed E-state index contributed by atoms with van der Waals surface area (Å²) in [6, 6.07) is 19.0. The number of anilines is 1. The molecule has 220 valence electrons. The van der Waals surface area contributed by atoms with Crippen LogP contribution < -0.4 is 14.4 Å². The van der Waals surface area contributed by atoms with E-state index in [1.807, 2.05) is 27.7 Å². The summed E-state index contributed by atoms with van der Waals surface area (Å²) < 4.78 is 34.5. The molecule has 2 atom stereocenters. The Bertz CT molecular complexity index is 1430. The second kappa shape index (κ2) is 14.4. The number of nitrogens with zero attached hydrogens (tertiary/aromatic N) is 2. The fraction of sp³-hybridized carbons (Fsp3) is 0.355. The SMILES string of the molecule is CCOc1ccc(N(CC(=O)N(Cc2cccc(Cl)c2)[C@H](C)C(=O)N[C@@H](C)CC)S(=O)(=O)c2ccc(C)cc2)cc1. The predicted octanol–water partition coefficient (Wildman–Crippen LogP) is 5.57. The number of aryl methyl sites for hydroxylation is 1. The highest BCUT2D eigenvalue weighted by Gasteiger charge is 2.32. The topological polar surface area (TPSA) is 96.0 Å². The lowest BCUT2D eigenvalue weighted by atomic mass is 10.1. The van der Waals surface area contributed by atoms with Crippen LogP contribution in [0.2, 0.25) is 5.02 Å². The molecular weight excluding hydrogens is 562 g/mol. The smallest absolute Gasteiger partial charge is 0.264 e. The predicted molar refractivity (Wildman–Crippen MR) is 163 cm³/mol. The van der Waals surface area contributed by atoms with Gasteiger partial charge < -0.3 is 15.0 Å². The second-order valence-corrected chi connectivity index (χ2v) is 12.2. The monoisotopic (exact) mass is 599 g/mol. The lowest BCUT2D eigenvalue weighted by Crippen LogP contribution is -2.52. The number of hydrogen-bond acceptors (Lipinski definition) is 5. The molecule has 0 aliphatic carbocycles. The van der Waals surface area contributed by atoms with Gasteiger partial charge in [-0.2, -0.15) is 0 Å². The van der Waals surface area contributed by atoms with Crippen LogP contribution in [0.25, 0.3) is 0 Å². The Morgan fingerprint density at radius 2 is 1.63 bits per heavy atom. The first kappa shape index (κ1) is 32.0. The molecule has 0 aromatic heterocycles. The number of hydrogen-bond donors (Lipinski definition) is 1. The second-order valence-electron chi connectivity index (χ2n) is 9.90. The number of halogens is 1. The molecule has 0 aliphatic rings. The van der Waals surface area contributed by atoms with Gasteiger partial charge in [-0.3, -0.25) is 13.9 Å². The van der Waals surface area contributed by atoms with Gasteiger partial charge >= 0.3 is 0 Å². The summed E-state index contributed by atoms with van der Waals surface area (Å²) in [7, 11) is -4.15. The van der Waals surface area contributed by atoms with Crippen LogP contribution >= 0.6 is 11.6 Å². The minimum Gasteiger partial charge on any atom is -0.494 e. The minimum absolute atomic E-state index is 0.0498. The number of ether oxygens (including phenoxy) is 1. The van der Waals surface area contributed by atoms with Crippen LogP contribution in [0.4, 0.5) is 5.69 Å². The highest BCUT2D eigenvalue weighted by molar-refractivity contribution is 7.92. The number of nitrogens with one attached hydrogen (secondary N) is 1. The summed E-state index contributed by atoms with van der Waals surface area (Å²) in [4.78, 5) is 28.6. The molecule has 3 rings (SSSR count). The highest BCUT2D eigenvalue weighted by Crippen LogP contribution is 2.27. The molecule has 0 aliphatic heterocycles. The number of benzene rings is 3. The van der Waals surface area contributed by atoms with Crippen molar-refractivity contribution < 1.29 is 22.7 Å². The van der Waals surface area contributed by atoms with Gasteiger partial charge in [0.25, 0.3) is 10.0 Å². The third-order valence-corrected chi connectivity index (χ3v) is 8.76. The highest BCUT2D eigenvalue weighted by atomic mass is 35.5. The molecule has 0 bridgehead atoms. The zero-order valence-electron chi connectivity index (χ0n) is 24.1. The molecule has 3 aromatic rings. The molecule has 0 heterocycles. The van der Waals surface area contributed by atoms with Gasteiger partial charge in [-0.1, -0.05) is 48.4 Å². The molecule has 1 N–H and O–H groups in total. The van der Waals surface area contributed by atoms with E-state index in [0.717, 1.165) is 16.3 Å². The van der Waals surface area contributed by atoms with E-state index in [1.54, 1.807) is 67.6 Å². The summed E-state index contributed by atoms with van der Waals surface area (Å²) >= 11 is 6.20. The largest absolute Gasteiger partial charge is 0.494 e. The number of amides is 2. The summed E-state index contributed by atoms with van der Waals surface area (Å²) in [6.07, 6.45) is 0.723. The van der Waals surface area contributed by atoms with Crippen molar-refractivity contribution in [2.75, 3.05) is 17.5 Å². The minimum atomic E-state index is -4.15. The maximum absolute atomic E-state index is 14.0. The molecule has 0 unspecified atom stereocenters. The summed E-state index contributed by atoms with van der Waals surface area (Å²) in [6.45, 7) is 9.19. The Morgan fingerprint density at radius 1 is 0.976 bits per heavy atom. The third kappa shape index (κ3) is 8.47. The van der Waals surface area contributed by atoms with Crippen molar-refractivity contribution in [1.82, 2.24) is 10.2 Å². The average molecular weight is 600 g/mol. The van der Waals surface area contributed by atoms with Crippen molar-refractivity contribution in [3.8, 4) is 5.75 Å². The molecule has 0 saturated carbocycles. The van der Waals surface area contributed by atoms with Gasteiger partial charge in [-0.05, 0) is 88.2 Å². The summed E-state index contributed by atoms with van der Waals surface area (Å²) in [5.74, 6) is -0.293. The van der Waals surface area contributed by atoms with E-state index in [4.69, 9.17) is 16.3 Å². The maximum Gasteiger partial charge on any atom is 0.264 e. The van der Waals surface area contributed by atoms with Crippen molar-refractivity contribution >= 4 is 39.1 Å². The molecule has 2 amide bonds. The van der Waals surface area contributed by atoms with E-state index in [0.29, 0.717) is 28.6 Å². The molecule has 3 aromatic carbocycles. The lowest BCUT2D eigenvalue weighted by Gasteiger charge is -2.32. The third-order valence-electron chi connectivity index (χ3n) is 6.73. The van der Waals surface area contributed by atoms with Gasteiger partial charge in [0.2, 0.25) is 11.8 Å². The van der Waals surface area contributed by atoms with Crippen molar-refractivity contribution in [2.45, 2.75) is 64.6 Å². The fourth-order valence-corrected chi connectivity index (χ4v) is 5.75. The van der Waals surface area contributed by atoms with E-state index in [-0.39, 0.29) is 23.4 Å². The van der Waals surface area contributed by atoms with Gasteiger partial charge in [0.15, 0.2) is 0 Å². The van der Waals surface area contributed by atoms with Crippen molar-refractivity contribution in [1.29, 1.82) is 0 Å². The van der Waals surface area contributed by atoms with Crippen LogP contribution in [0.15, 0.2) is 77.7 Å². The van der Waals surface area contributed by atoms with E-state index in [1.165, 1.54) is 17.0 Å². The fourth-order valence-electron chi connectivity index (χ4n) is 4.12. The van der Waals surface area contributed by atoms with Crippen molar-refractivity contribution in [2.24, 2.45) is 0 Å². The first-order valence-corrected chi connectivity index (χ1v) is 15.4.